The van der Waals surface area contributed by atoms with E-state index in [1.54, 1.807) is 18.2 Å². The normalized spacial score (nSPS) is 13.1. The SMILES string of the molecule is OC(CNCCCCc1ccccc1)Cc1cccc2[nH]c(C(F)(F)F)nc12. The minimum absolute atomic E-state index is 0.247. The van der Waals surface area contributed by atoms with E-state index in [4.69, 9.17) is 0 Å². The number of halogens is 3. The second kappa shape index (κ2) is 9.21. The van der Waals surface area contributed by atoms with Crippen LogP contribution in [0.1, 0.15) is 29.8 Å². The molecule has 3 N–H and O–H groups in total. The summed E-state index contributed by atoms with van der Waals surface area (Å²) in [5, 5.41) is 13.5. The van der Waals surface area contributed by atoms with Crippen LogP contribution < -0.4 is 5.32 Å². The maximum atomic E-state index is 12.8. The molecule has 1 heterocycles. The molecule has 1 atom stereocenters. The summed E-state index contributed by atoms with van der Waals surface area (Å²) in [5.41, 5.74) is 2.50. The number of H-pyrrole nitrogens is 1. The summed E-state index contributed by atoms with van der Waals surface area (Å²) in [6.45, 7) is 1.17. The van der Waals surface area contributed by atoms with Crippen LogP contribution in [0.4, 0.5) is 13.2 Å². The summed E-state index contributed by atoms with van der Waals surface area (Å²) >= 11 is 0. The first-order valence-corrected chi connectivity index (χ1v) is 9.41. The molecule has 1 unspecified atom stereocenters. The highest BCUT2D eigenvalue weighted by molar-refractivity contribution is 5.79. The predicted molar refractivity (Wildman–Crippen MR) is 103 cm³/mol. The van der Waals surface area contributed by atoms with Gasteiger partial charge in [0.25, 0.3) is 0 Å². The van der Waals surface area contributed by atoms with Gasteiger partial charge in [-0.2, -0.15) is 13.2 Å². The molecule has 0 aliphatic carbocycles. The molecule has 0 aliphatic rings. The lowest BCUT2D eigenvalue weighted by molar-refractivity contribution is -0.144. The predicted octanol–water partition coefficient (Wildman–Crippen LogP) is 4.10. The number of hydrogen-bond acceptors (Lipinski definition) is 3. The topological polar surface area (TPSA) is 60.9 Å². The molecular weight excluding hydrogens is 367 g/mol. The van der Waals surface area contributed by atoms with Crippen molar-refractivity contribution in [2.24, 2.45) is 0 Å². The number of hydrogen-bond donors (Lipinski definition) is 3. The van der Waals surface area contributed by atoms with Crippen LogP contribution in [-0.2, 0) is 19.0 Å². The fraction of sp³-hybridized carbons (Fsp3) is 0.381. The van der Waals surface area contributed by atoms with Gasteiger partial charge in [0.05, 0.1) is 17.1 Å². The van der Waals surface area contributed by atoms with E-state index < -0.39 is 18.1 Å². The molecule has 0 saturated heterocycles. The number of nitrogens with zero attached hydrogens (tertiary/aromatic N) is 1. The molecule has 150 valence electrons. The number of aliphatic hydroxyl groups is 1. The number of imidazole rings is 1. The molecular formula is C21H24F3N3O. The number of rotatable bonds is 9. The van der Waals surface area contributed by atoms with E-state index in [1.807, 2.05) is 18.2 Å². The third-order valence-corrected chi connectivity index (χ3v) is 4.61. The molecule has 0 saturated carbocycles. The molecule has 28 heavy (non-hydrogen) atoms. The first-order valence-electron chi connectivity index (χ1n) is 9.41. The van der Waals surface area contributed by atoms with Gasteiger partial charge in [0, 0.05) is 13.0 Å². The Morgan fingerprint density at radius 1 is 1.04 bits per heavy atom. The van der Waals surface area contributed by atoms with Crippen LogP contribution >= 0.6 is 0 Å². The van der Waals surface area contributed by atoms with Gasteiger partial charge in [-0.3, -0.25) is 0 Å². The van der Waals surface area contributed by atoms with Crippen molar-refractivity contribution in [2.75, 3.05) is 13.1 Å². The van der Waals surface area contributed by atoms with E-state index >= 15 is 0 Å². The monoisotopic (exact) mass is 391 g/mol. The van der Waals surface area contributed by atoms with Gasteiger partial charge in [0.2, 0.25) is 5.82 Å². The maximum Gasteiger partial charge on any atom is 0.449 e. The number of fused-ring (bicyclic) bond motifs is 1. The first kappa shape index (κ1) is 20.4. The van der Waals surface area contributed by atoms with Gasteiger partial charge in [-0.25, -0.2) is 4.98 Å². The van der Waals surface area contributed by atoms with E-state index in [2.05, 4.69) is 27.4 Å². The van der Waals surface area contributed by atoms with Crippen molar-refractivity contribution in [3.05, 3.63) is 65.5 Å². The van der Waals surface area contributed by atoms with Crippen LogP contribution in [-0.4, -0.2) is 34.3 Å². The molecule has 7 heteroatoms. The molecule has 3 aromatic rings. The van der Waals surface area contributed by atoms with Crippen molar-refractivity contribution in [2.45, 2.75) is 38.0 Å². The van der Waals surface area contributed by atoms with Crippen LogP contribution in [0.15, 0.2) is 48.5 Å². The Labute approximate surface area is 161 Å². The highest BCUT2D eigenvalue weighted by atomic mass is 19.4. The number of unbranched alkanes of at least 4 members (excludes halogenated alkanes) is 1. The van der Waals surface area contributed by atoms with Gasteiger partial charge in [0.15, 0.2) is 0 Å². The van der Waals surface area contributed by atoms with E-state index in [0.717, 1.165) is 25.8 Å². The Kier molecular flexibility index (Phi) is 6.70. The molecule has 0 spiro atoms. The van der Waals surface area contributed by atoms with E-state index in [1.165, 1.54) is 5.56 Å². The number of benzene rings is 2. The zero-order valence-corrected chi connectivity index (χ0v) is 15.5. The number of alkyl halides is 3. The fourth-order valence-corrected chi connectivity index (χ4v) is 3.21. The molecule has 0 fully saturated rings. The second-order valence-corrected chi connectivity index (χ2v) is 6.90. The number of nitrogens with one attached hydrogen (secondary N) is 2. The van der Waals surface area contributed by atoms with Crippen molar-refractivity contribution in [3.8, 4) is 0 Å². The highest BCUT2D eigenvalue weighted by Gasteiger charge is 2.35. The standard InChI is InChI=1S/C21H24F3N3O/c22-21(23,24)20-26-18-11-6-10-16(19(18)27-20)13-17(28)14-25-12-5-4-9-15-7-2-1-3-8-15/h1-3,6-8,10-11,17,25,28H,4-5,9,12-14H2,(H,26,27). The lowest BCUT2D eigenvalue weighted by Gasteiger charge is -2.12. The van der Waals surface area contributed by atoms with Crippen molar-refractivity contribution in [1.29, 1.82) is 0 Å². The summed E-state index contributed by atoms with van der Waals surface area (Å²) in [6.07, 6.45) is -1.89. The van der Waals surface area contributed by atoms with Crippen molar-refractivity contribution >= 4 is 11.0 Å². The number of aromatic nitrogens is 2. The molecule has 4 nitrogen and oxygen atoms in total. The molecule has 3 rings (SSSR count). The molecule has 0 radical (unpaired) electrons. The number of aromatic amines is 1. The number of aryl methyl sites for hydroxylation is 1. The molecule has 1 aromatic heterocycles. The Bertz CT molecular complexity index is 877. The Morgan fingerprint density at radius 3 is 2.57 bits per heavy atom. The van der Waals surface area contributed by atoms with Crippen molar-refractivity contribution < 1.29 is 18.3 Å². The Hall–Kier alpha value is -2.38. The van der Waals surface area contributed by atoms with Crippen LogP contribution in [0.3, 0.4) is 0 Å². The van der Waals surface area contributed by atoms with Crippen molar-refractivity contribution in [1.82, 2.24) is 15.3 Å². The third kappa shape index (κ3) is 5.56. The highest BCUT2D eigenvalue weighted by Crippen LogP contribution is 2.29. The van der Waals surface area contributed by atoms with E-state index in [0.29, 0.717) is 17.6 Å². The average Bonchev–Trinajstić information content (AvgIpc) is 3.11. The van der Waals surface area contributed by atoms with Crippen LogP contribution in [0.25, 0.3) is 11.0 Å². The largest absolute Gasteiger partial charge is 0.449 e. The van der Waals surface area contributed by atoms with E-state index in [-0.39, 0.29) is 11.9 Å². The summed E-state index contributed by atoms with van der Waals surface area (Å²) in [5.74, 6) is -1.01. The van der Waals surface area contributed by atoms with Gasteiger partial charge in [-0.05, 0) is 43.0 Å². The molecule has 0 amide bonds. The number of para-hydroxylation sites is 1. The maximum absolute atomic E-state index is 12.8. The Morgan fingerprint density at radius 2 is 1.82 bits per heavy atom. The van der Waals surface area contributed by atoms with Crippen LogP contribution in [0.5, 0.6) is 0 Å². The molecule has 2 aromatic carbocycles. The Balaban J connectivity index is 1.44. The molecule has 0 aliphatic heterocycles. The summed E-state index contributed by atoms with van der Waals surface area (Å²) < 4.78 is 38.5. The number of aliphatic hydroxyl groups excluding tert-OH is 1. The van der Waals surface area contributed by atoms with Gasteiger partial charge in [-0.1, -0.05) is 42.5 Å². The quantitative estimate of drug-likeness (QED) is 0.482. The zero-order chi connectivity index (χ0) is 20.0. The van der Waals surface area contributed by atoms with E-state index in [9.17, 15) is 18.3 Å². The van der Waals surface area contributed by atoms with Gasteiger partial charge >= 0.3 is 6.18 Å². The summed E-state index contributed by atoms with van der Waals surface area (Å²) in [4.78, 5) is 5.97. The summed E-state index contributed by atoms with van der Waals surface area (Å²) in [6, 6.07) is 15.2. The average molecular weight is 391 g/mol. The lowest BCUT2D eigenvalue weighted by atomic mass is 10.1. The summed E-state index contributed by atoms with van der Waals surface area (Å²) in [7, 11) is 0. The minimum atomic E-state index is -4.52. The zero-order valence-electron chi connectivity index (χ0n) is 15.5. The van der Waals surface area contributed by atoms with Crippen LogP contribution in [0.2, 0.25) is 0 Å². The first-order chi connectivity index (χ1) is 13.4. The van der Waals surface area contributed by atoms with Gasteiger partial charge in [0.1, 0.15) is 0 Å². The molecule has 0 bridgehead atoms. The van der Waals surface area contributed by atoms with Gasteiger partial charge < -0.3 is 15.4 Å². The fourth-order valence-electron chi connectivity index (χ4n) is 3.21. The lowest BCUT2D eigenvalue weighted by Crippen LogP contribution is -2.29. The van der Waals surface area contributed by atoms with Crippen LogP contribution in [0, 0.1) is 0 Å². The smallest absolute Gasteiger partial charge is 0.391 e. The third-order valence-electron chi connectivity index (χ3n) is 4.61. The van der Waals surface area contributed by atoms with Crippen molar-refractivity contribution in [3.63, 3.8) is 0 Å². The van der Waals surface area contributed by atoms with Gasteiger partial charge in [-0.15, -0.1) is 0 Å². The second-order valence-electron chi connectivity index (χ2n) is 6.90. The minimum Gasteiger partial charge on any atom is -0.391 e.